The fourth-order valence-electron chi connectivity index (χ4n) is 2.29. The van der Waals surface area contributed by atoms with Crippen molar-refractivity contribution >= 4 is 17.3 Å². The summed E-state index contributed by atoms with van der Waals surface area (Å²) in [6.45, 7) is 0.793. The molecule has 0 aromatic heterocycles. The minimum atomic E-state index is -1.15. The van der Waals surface area contributed by atoms with E-state index in [2.05, 4.69) is 10.6 Å². The Morgan fingerprint density at radius 3 is 2.52 bits per heavy atom. The van der Waals surface area contributed by atoms with Gasteiger partial charge in [-0.1, -0.05) is 0 Å². The second kappa shape index (κ2) is 5.12. The molecular weight excluding hydrogens is 281 g/mol. The minimum Gasteiger partial charge on any atom is -0.384 e. The van der Waals surface area contributed by atoms with Crippen molar-refractivity contribution < 1.29 is 18.0 Å². The van der Waals surface area contributed by atoms with Crippen LogP contribution in [0.2, 0.25) is 0 Å². The third-order valence-corrected chi connectivity index (χ3v) is 3.32. The van der Waals surface area contributed by atoms with E-state index in [0.717, 1.165) is 24.2 Å². The van der Waals surface area contributed by atoms with Crippen LogP contribution in [0.5, 0.6) is 0 Å². The lowest BCUT2D eigenvalue weighted by atomic mass is 10.1. The van der Waals surface area contributed by atoms with Crippen molar-refractivity contribution in [1.82, 2.24) is 0 Å². The number of hydrogen-bond donors (Lipinski definition) is 2. The van der Waals surface area contributed by atoms with E-state index < -0.39 is 29.0 Å². The summed E-state index contributed by atoms with van der Waals surface area (Å²) in [6.07, 6.45) is 0.787. The molecule has 0 fully saturated rings. The molecule has 0 bridgehead atoms. The first-order chi connectivity index (χ1) is 10.0. The van der Waals surface area contributed by atoms with Gasteiger partial charge in [0.15, 0.2) is 11.6 Å². The summed E-state index contributed by atoms with van der Waals surface area (Å²) in [5.74, 6) is -3.98. The molecule has 0 radical (unpaired) electrons. The van der Waals surface area contributed by atoms with Crippen LogP contribution in [0.25, 0.3) is 0 Å². The number of hydrogen-bond acceptors (Lipinski definition) is 2. The molecule has 2 aromatic rings. The van der Waals surface area contributed by atoms with Gasteiger partial charge in [0, 0.05) is 29.9 Å². The lowest BCUT2D eigenvalue weighted by molar-refractivity contribution is 0.102. The molecule has 0 saturated carbocycles. The molecular formula is C15H11F3N2O. The van der Waals surface area contributed by atoms with Crippen LogP contribution in [0.1, 0.15) is 15.9 Å². The quantitative estimate of drug-likeness (QED) is 0.891. The first kappa shape index (κ1) is 13.5. The van der Waals surface area contributed by atoms with Crippen molar-refractivity contribution in [3.8, 4) is 0 Å². The summed E-state index contributed by atoms with van der Waals surface area (Å²) >= 11 is 0. The van der Waals surface area contributed by atoms with E-state index in [4.69, 9.17) is 0 Å². The Morgan fingerprint density at radius 1 is 1.10 bits per heavy atom. The smallest absolute Gasteiger partial charge is 0.255 e. The molecule has 3 rings (SSSR count). The predicted molar refractivity (Wildman–Crippen MR) is 72.9 cm³/mol. The minimum absolute atomic E-state index is 0.292. The first-order valence-corrected chi connectivity index (χ1v) is 6.37. The normalized spacial score (nSPS) is 12.7. The predicted octanol–water partition coefficient (Wildman–Crippen LogP) is 3.32. The first-order valence-electron chi connectivity index (χ1n) is 6.37. The van der Waals surface area contributed by atoms with E-state index in [9.17, 15) is 18.0 Å². The topological polar surface area (TPSA) is 41.1 Å². The van der Waals surface area contributed by atoms with Gasteiger partial charge in [0.05, 0.1) is 0 Å². The molecule has 1 aliphatic heterocycles. The van der Waals surface area contributed by atoms with Crippen LogP contribution < -0.4 is 10.6 Å². The number of rotatable bonds is 2. The summed E-state index contributed by atoms with van der Waals surface area (Å²) in [6, 6.07) is 6.01. The molecule has 1 heterocycles. The lowest BCUT2D eigenvalue weighted by Gasteiger charge is -2.09. The summed E-state index contributed by atoms with van der Waals surface area (Å²) in [5, 5.41) is 5.28. The molecule has 0 saturated heterocycles. The van der Waals surface area contributed by atoms with E-state index in [-0.39, 0.29) is 0 Å². The van der Waals surface area contributed by atoms with Gasteiger partial charge in [-0.15, -0.1) is 0 Å². The molecule has 2 N–H and O–H groups in total. The fraction of sp³-hybridized carbons (Fsp3) is 0.133. The van der Waals surface area contributed by atoms with Gasteiger partial charge in [0.1, 0.15) is 11.5 Å². The molecule has 1 aliphatic rings. The Labute approximate surface area is 118 Å². The van der Waals surface area contributed by atoms with Crippen LogP contribution in [0, 0.1) is 17.5 Å². The summed E-state index contributed by atoms with van der Waals surface area (Å²) in [4.78, 5) is 12.0. The van der Waals surface area contributed by atoms with Gasteiger partial charge < -0.3 is 10.6 Å². The number of carbonyl (C=O) groups is 1. The Hall–Kier alpha value is -2.50. The molecule has 2 aromatic carbocycles. The maximum Gasteiger partial charge on any atom is 0.255 e. The zero-order valence-corrected chi connectivity index (χ0v) is 10.8. The summed E-state index contributed by atoms with van der Waals surface area (Å²) in [5.41, 5.74) is 1.56. The molecule has 3 nitrogen and oxygen atoms in total. The monoisotopic (exact) mass is 292 g/mol. The van der Waals surface area contributed by atoms with E-state index in [1.54, 1.807) is 18.2 Å². The molecule has 0 atom stereocenters. The van der Waals surface area contributed by atoms with E-state index >= 15 is 0 Å². The maximum absolute atomic E-state index is 13.5. The lowest BCUT2D eigenvalue weighted by Crippen LogP contribution is -2.14. The average molecular weight is 292 g/mol. The number of amides is 1. The second-order valence-corrected chi connectivity index (χ2v) is 4.75. The standard InChI is InChI=1S/C15H11F3N2O/c16-10-6-11(17)14(12(18)7-10)20-15(21)9-1-2-13-8(5-9)3-4-19-13/h1-2,5-7,19H,3-4H2,(H,20,21). The van der Waals surface area contributed by atoms with Crippen molar-refractivity contribution in [1.29, 1.82) is 0 Å². The molecule has 0 unspecified atom stereocenters. The van der Waals surface area contributed by atoms with E-state index in [0.29, 0.717) is 17.7 Å². The zero-order valence-electron chi connectivity index (χ0n) is 10.8. The molecule has 0 spiro atoms. The fourth-order valence-corrected chi connectivity index (χ4v) is 2.29. The van der Waals surface area contributed by atoms with Crippen molar-refractivity contribution in [2.45, 2.75) is 6.42 Å². The molecule has 21 heavy (non-hydrogen) atoms. The zero-order chi connectivity index (χ0) is 15.0. The Morgan fingerprint density at radius 2 is 1.81 bits per heavy atom. The molecule has 108 valence electrons. The highest BCUT2D eigenvalue weighted by atomic mass is 19.1. The van der Waals surface area contributed by atoms with Gasteiger partial charge in [0.25, 0.3) is 5.91 Å². The Kier molecular flexibility index (Phi) is 3.29. The van der Waals surface area contributed by atoms with Crippen molar-refractivity contribution in [2.75, 3.05) is 17.2 Å². The van der Waals surface area contributed by atoms with Gasteiger partial charge in [-0.25, -0.2) is 13.2 Å². The van der Waals surface area contributed by atoms with Crippen LogP contribution >= 0.6 is 0 Å². The van der Waals surface area contributed by atoms with Crippen molar-refractivity contribution in [3.63, 3.8) is 0 Å². The van der Waals surface area contributed by atoms with Crippen LogP contribution in [-0.2, 0) is 6.42 Å². The van der Waals surface area contributed by atoms with Crippen molar-refractivity contribution in [3.05, 3.63) is 58.9 Å². The van der Waals surface area contributed by atoms with Gasteiger partial charge in [-0.2, -0.15) is 0 Å². The average Bonchev–Trinajstić information content (AvgIpc) is 2.89. The van der Waals surface area contributed by atoms with Gasteiger partial charge in [0.2, 0.25) is 0 Å². The maximum atomic E-state index is 13.5. The van der Waals surface area contributed by atoms with Crippen LogP contribution in [0.3, 0.4) is 0 Å². The number of benzene rings is 2. The number of nitrogens with one attached hydrogen (secondary N) is 2. The highest BCUT2D eigenvalue weighted by molar-refractivity contribution is 6.04. The third-order valence-electron chi connectivity index (χ3n) is 3.32. The van der Waals surface area contributed by atoms with E-state index in [1.807, 2.05) is 0 Å². The summed E-state index contributed by atoms with van der Waals surface area (Å²) < 4.78 is 39.8. The van der Waals surface area contributed by atoms with Crippen LogP contribution in [0.4, 0.5) is 24.5 Å². The number of fused-ring (bicyclic) bond motifs is 1. The third kappa shape index (κ3) is 2.56. The second-order valence-electron chi connectivity index (χ2n) is 4.75. The number of halogens is 3. The molecule has 1 amide bonds. The van der Waals surface area contributed by atoms with Gasteiger partial charge >= 0.3 is 0 Å². The van der Waals surface area contributed by atoms with Crippen LogP contribution in [0.15, 0.2) is 30.3 Å². The van der Waals surface area contributed by atoms with Crippen LogP contribution in [-0.4, -0.2) is 12.5 Å². The SMILES string of the molecule is O=C(Nc1c(F)cc(F)cc1F)c1ccc2c(c1)CCN2. The Bertz CT molecular complexity index is 708. The molecule has 0 aliphatic carbocycles. The molecule has 6 heteroatoms. The highest BCUT2D eigenvalue weighted by Gasteiger charge is 2.17. The number of carbonyl (C=O) groups excluding carboxylic acids is 1. The summed E-state index contributed by atoms with van der Waals surface area (Å²) in [7, 11) is 0. The Balaban J connectivity index is 1.87. The largest absolute Gasteiger partial charge is 0.384 e. The van der Waals surface area contributed by atoms with Gasteiger partial charge in [-0.3, -0.25) is 4.79 Å². The van der Waals surface area contributed by atoms with Gasteiger partial charge in [-0.05, 0) is 30.2 Å². The number of anilines is 2. The van der Waals surface area contributed by atoms with E-state index in [1.165, 1.54) is 0 Å². The highest BCUT2D eigenvalue weighted by Crippen LogP contribution is 2.25. The van der Waals surface area contributed by atoms with Crippen molar-refractivity contribution in [2.24, 2.45) is 0 Å².